The van der Waals surface area contributed by atoms with Gasteiger partial charge in [0.1, 0.15) is 0 Å². The lowest BCUT2D eigenvalue weighted by Crippen LogP contribution is -2.53. The van der Waals surface area contributed by atoms with Gasteiger partial charge in [-0.1, -0.05) is 6.07 Å². The molecule has 0 atom stereocenters. The molecule has 6 nitrogen and oxygen atoms in total. The Hall–Kier alpha value is -1.73. The Bertz CT molecular complexity index is 583. The zero-order chi connectivity index (χ0) is 13.8. The Labute approximate surface area is 113 Å². The number of thiol groups is 1. The summed E-state index contributed by atoms with van der Waals surface area (Å²) in [5.41, 5.74) is 4.56. The van der Waals surface area contributed by atoms with E-state index in [0.29, 0.717) is 11.4 Å². The van der Waals surface area contributed by atoms with Gasteiger partial charge in [0.25, 0.3) is 0 Å². The van der Waals surface area contributed by atoms with Gasteiger partial charge in [-0.2, -0.15) is 5.10 Å². The maximum atomic E-state index is 11.0. The predicted octanol–water partition coefficient (Wildman–Crippen LogP) is -0.111. The number of hydrogen-bond donors (Lipinski definition) is 3. The molecule has 1 aromatic carbocycles. The number of benzene rings is 1. The van der Waals surface area contributed by atoms with Crippen molar-refractivity contribution in [1.29, 1.82) is 0 Å². The topological polar surface area (TPSA) is 82.9 Å². The van der Waals surface area contributed by atoms with E-state index in [1.54, 1.807) is 18.2 Å². The van der Waals surface area contributed by atoms with Crippen LogP contribution in [0.15, 0.2) is 33.2 Å². The number of rotatable bonds is 4. The molecule has 0 radical (unpaired) electrons. The summed E-state index contributed by atoms with van der Waals surface area (Å²) in [7, 11) is -2.62. The van der Waals surface area contributed by atoms with Crippen molar-refractivity contribution in [3.05, 3.63) is 29.3 Å². The van der Waals surface area contributed by atoms with Crippen LogP contribution < -0.4 is 10.7 Å². The average molecular weight is 280 g/mol. The van der Waals surface area contributed by atoms with Gasteiger partial charge in [0.05, 0.1) is 10.9 Å². The molecule has 0 saturated carbocycles. The van der Waals surface area contributed by atoms with Gasteiger partial charge in [-0.05, 0) is 31.3 Å². The van der Waals surface area contributed by atoms with E-state index in [1.807, 2.05) is 6.92 Å². The molecule has 0 bridgehead atoms. The maximum Gasteiger partial charge on any atom is 0.178 e. The highest BCUT2D eigenvalue weighted by Gasteiger charge is 2.16. The number of amidine groups is 1. The number of hydrogen-bond acceptors (Lipinski definition) is 5. The summed E-state index contributed by atoms with van der Waals surface area (Å²) in [6.07, 6.45) is 0. The first kappa shape index (κ1) is 13.7. The number of hydrazone groups is 1. The standard InChI is InChI=1S/C12H16N4O2S/c1-8-3-4-10(19(17)18)5-11(8)12(13-2)16-15-9-6-14-7-9/h3-5,9,14-15,19H,2,6-7H2,1H3/b16-12-. The minimum atomic E-state index is -2.62. The second-order valence-electron chi connectivity index (χ2n) is 4.33. The zero-order valence-electron chi connectivity index (χ0n) is 10.6. The lowest BCUT2D eigenvalue weighted by atomic mass is 10.1. The van der Waals surface area contributed by atoms with Crippen molar-refractivity contribution in [2.24, 2.45) is 10.1 Å². The Morgan fingerprint density at radius 1 is 1.47 bits per heavy atom. The fraction of sp³-hybridized carbons (Fsp3) is 0.333. The lowest BCUT2D eigenvalue weighted by Gasteiger charge is -2.26. The third kappa shape index (κ3) is 3.18. The molecule has 19 heavy (non-hydrogen) atoms. The van der Waals surface area contributed by atoms with Crippen LogP contribution in [-0.4, -0.2) is 40.1 Å². The molecular weight excluding hydrogens is 264 g/mol. The van der Waals surface area contributed by atoms with Crippen LogP contribution in [0.25, 0.3) is 0 Å². The third-order valence-electron chi connectivity index (χ3n) is 2.96. The van der Waals surface area contributed by atoms with Crippen molar-refractivity contribution in [3.8, 4) is 0 Å². The van der Waals surface area contributed by atoms with Gasteiger partial charge in [-0.15, -0.1) is 0 Å². The molecule has 7 heteroatoms. The van der Waals surface area contributed by atoms with Crippen molar-refractivity contribution in [3.63, 3.8) is 0 Å². The van der Waals surface area contributed by atoms with E-state index in [2.05, 4.69) is 27.6 Å². The Morgan fingerprint density at radius 3 is 2.74 bits per heavy atom. The maximum absolute atomic E-state index is 11.0. The summed E-state index contributed by atoms with van der Waals surface area (Å²) in [5, 5.41) is 7.32. The van der Waals surface area contributed by atoms with Crippen LogP contribution in [0.1, 0.15) is 11.1 Å². The Morgan fingerprint density at radius 2 is 2.21 bits per heavy atom. The van der Waals surface area contributed by atoms with Gasteiger partial charge < -0.3 is 10.7 Å². The first-order valence-corrected chi connectivity index (χ1v) is 7.05. The van der Waals surface area contributed by atoms with E-state index in [0.717, 1.165) is 18.7 Å². The first-order valence-electron chi connectivity index (χ1n) is 5.88. The van der Waals surface area contributed by atoms with Crippen LogP contribution in [0.4, 0.5) is 0 Å². The van der Waals surface area contributed by atoms with Gasteiger partial charge in [0.2, 0.25) is 0 Å². The van der Waals surface area contributed by atoms with E-state index < -0.39 is 10.7 Å². The summed E-state index contributed by atoms with van der Waals surface area (Å²) in [6.45, 7) is 7.09. The highest BCUT2D eigenvalue weighted by molar-refractivity contribution is 7.72. The molecule has 1 aliphatic rings. The molecular formula is C12H16N4O2S. The molecule has 1 heterocycles. The molecule has 1 saturated heterocycles. The van der Waals surface area contributed by atoms with Crippen molar-refractivity contribution in [2.45, 2.75) is 17.9 Å². The summed E-state index contributed by atoms with van der Waals surface area (Å²) >= 11 is 0. The predicted molar refractivity (Wildman–Crippen MR) is 75.6 cm³/mol. The van der Waals surface area contributed by atoms with E-state index in [9.17, 15) is 8.42 Å². The van der Waals surface area contributed by atoms with Crippen LogP contribution in [-0.2, 0) is 10.7 Å². The number of nitrogens with one attached hydrogen (secondary N) is 2. The highest BCUT2D eigenvalue weighted by Crippen LogP contribution is 2.14. The summed E-state index contributed by atoms with van der Waals surface area (Å²) < 4.78 is 22.0. The summed E-state index contributed by atoms with van der Waals surface area (Å²) in [5.74, 6) is 0.406. The van der Waals surface area contributed by atoms with Gasteiger partial charge in [0.15, 0.2) is 16.5 Å². The van der Waals surface area contributed by atoms with E-state index >= 15 is 0 Å². The smallest absolute Gasteiger partial charge is 0.178 e. The third-order valence-corrected chi connectivity index (χ3v) is 3.66. The fourth-order valence-electron chi connectivity index (χ4n) is 1.68. The van der Waals surface area contributed by atoms with Crippen LogP contribution >= 0.6 is 0 Å². The Balaban J connectivity index is 2.30. The number of nitrogens with zero attached hydrogens (tertiary/aromatic N) is 2. The van der Waals surface area contributed by atoms with Crippen LogP contribution in [0, 0.1) is 6.92 Å². The first-order chi connectivity index (χ1) is 9.11. The molecule has 2 N–H and O–H groups in total. The zero-order valence-corrected chi connectivity index (χ0v) is 11.5. The minimum absolute atomic E-state index is 0.247. The van der Waals surface area contributed by atoms with Gasteiger partial charge in [0, 0.05) is 18.7 Å². The highest BCUT2D eigenvalue weighted by atomic mass is 32.2. The molecule has 0 spiro atoms. The van der Waals surface area contributed by atoms with Gasteiger partial charge >= 0.3 is 0 Å². The number of aryl methyl sites for hydroxylation is 1. The molecule has 0 aliphatic carbocycles. The molecule has 1 aliphatic heterocycles. The SMILES string of the molecule is C=N/C(=N\NC1CNC1)c1cc([SH](=O)=O)ccc1C. The summed E-state index contributed by atoms with van der Waals surface area (Å²) in [4.78, 5) is 4.12. The molecule has 102 valence electrons. The molecule has 0 unspecified atom stereocenters. The van der Waals surface area contributed by atoms with Crippen molar-refractivity contribution >= 4 is 23.3 Å². The second-order valence-corrected chi connectivity index (χ2v) is 5.36. The van der Waals surface area contributed by atoms with Crippen molar-refractivity contribution < 1.29 is 8.42 Å². The van der Waals surface area contributed by atoms with Gasteiger partial charge in [-0.3, -0.25) is 0 Å². The largest absolute Gasteiger partial charge is 0.312 e. The monoisotopic (exact) mass is 280 g/mol. The average Bonchev–Trinajstić information content (AvgIpc) is 2.33. The fourth-order valence-corrected chi connectivity index (χ4v) is 2.11. The van der Waals surface area contributed by atoms with E-state index in [1.165, 1.54) is 0 Å². The van der Waals surface area contributed by atoms with Crippen LogP contribution in [0.2, 0.25) is 0 Å². The normalized spacial score (nSPS) is 16.2. The van der Waals surface area contributed by atoms with Crippen molar-refractivity contribution in [1.82, 2.24) is 10.7 Å². The number of aliphatic imine (C=N–C) groups is 1. The van der Waals surface area contributed by atoms with Crippen LogP contribution in [0.3, 0.4) is 0 Å². The van der Waals surface area contributed by atoms with Crippen LogP contribution in [0.5, 0.6) is 0 Å². The Kier molecular flexibility index (Phi) is 4.28. The van der Waals surface area contributed by atoms with Gasteiger partial charge in [-0.25, -0.2) is 13.4 Å². The summed E-state index contributed by atoms with van der Waals surface area (Å²) in [6, 6.07) is 5.15. The molecule has 1 fully saturated rings. The quantitative estimate of drug-likeness (QED) is 0.311. The van der Waals surface area contributed by atoms with E-state index in [-0.39, 0.29) is 10.9 Å². The van der Waals surface area contributed by atoms with E-state index in [4.69, 9.17) is 0 Å². The molecule has 0 amide bonds. The molecule has 2 rings (SSSR count). The second kappa shape index (κ2) is 5.94. The molecule has 1 aromatic rings. The van der Waals surface area contributed by atoms with Crippen molar-refractivity contribution in [2.75, 3.05) is 13.1 Å². The minimum Gasteiger partial charge on any atom is -0.312 e. The molecule has 0 aromatic heterocycles. The lowest BCUT2D eigenvalue weighted by molar-refractivity contribution is 0.374.